The summed E-state index contributed by atoms with van der Waals surface area (Å²) < 4.78 is 7.48. The maximum atomic E-state index is 5.21. The van der Waals surface area contributed by atoms with Crippen molar-refractivity contribution in [1.82, 2.24) is 19.5 Å². The van der Waals surface area contributed by atoms with Crippen LogP contribution in [0.1, 0.15) is 0 Å². The lowest BCUT2D eigenvalue weighted by Crippen LogP contribution is -2.06. The van der Waals surface area contributed by atoms with Crippen molar-refractivity contribution in [3.05, 3.63) is 133 Å². The molecule has 6 aromatic carbocycles. The van der Waals surface area contributed by atoms with Crippen LogP contribution in [-0.4, -0.2) is 19.5 Å². The number of para-hydroxylation sites is 1. The highest BCUT2D eigenvalue weighted by Crippen LogP contribution is 2.51. The Hall–Kier alpha value is -5.43. The zero-order chi connectivity index (χ0) is 29.5. The number of nitrogens with zero attached hydrogens (tertiary/aromatic N) is 4. The van der Waals surface area contributed by atoms with Crippen LogP contribution < -0.4 is 0 Å². The molecule has 4 heterocycles. The minimum absolute atomic E-state index is 0.617. The molecule has 0 aliphatic heterocycles. The maximum Gasteiger partial charge on any atom is 0.238 e. The molecule has 0 atom stereocenters. The van der Waals surface area contributed by atoms with Crippen LogP contribution in [0.15, 0.2) is 133 Å². The molecule has 4 nitrogen and oxygen atoms in total. The average Bonchev–Trinajstić information content (AvgIpc) is 3.78. The summed E-state index contributed by atoms with van der Waals surface area (Å²) in [5.41, 5.74) is 4.14. The monoisotopic (exact) mass is 610 g/mol. The van der Waals surface area contributed by atoms with Crippen molar-refractivity contribution in [1.29, 1.82) is 0 Å². The molecule has 0 saturated carbocycles. The second kappa shape index (κ2) is 9.53. The molecule has 0 N–H and O–H groups in total. The highest BCUT2D eigenvalue weighted by molar-refractivity contribution is 7.30. The van der Waals surface area contributed by atoms with E-state index >= 15 is 0 Å². The maximum absolute atomic E-state index is 5.21. The Kier molecular flexibility index (Phi) is 5.29. The topological polar surface area (TPSA) is 43.6 Å². The van der Waals surface area contributed by atoms with Gasteiger partial charge in [0.2, 0.25) is 5.95 Å². The van der Waals surface area contributed by atoms with Crippen LogP contribution in [0.2, 0.25) is 0 Å². The fraction of sp³-hybridized carbons (Fsp3) is 0. The van der Waals surface area contributed by atoms with Gasteiger partial charge in [0, 0.05) is 62.2 Å². The van der Waals surface area contributed by atoms with Gasteiger partial charge in [-0.2, -0.15) is 9.97 Å². The summed E-state index contributed by atoms with van der Waals surface area (Å²) in [6, 6.07) is 46.7. The fourth-order valence-corrected chi connectivity index (χ4v) is 9.32. The third-order valence-corrected chi connectivity index (χ3v) is 11.0. The standard InChI is InChI=1S/C39H22N4S2/c1-3-13-23(14-4-1)37-40-38(24-15-5-2-6-16-24)42-39(41-37)43-28-20-10-7-17-25(28)31-34(43)32-26-18-8-11-21-29(26)44-36(32)33-27-19-9-12-22-30(27)45-35(31)33/h1-22H. The molecule has 10 aromatic rings. The third kappa shape index (κ3) is 3.61. The Morgan fingerprint density at radius 3 is 1.49 bits per heavy atom. The smallest absolute Gasteiger partial charge is 0.238 e. The number of benzene rings is 6. The van der Waals surface area contributed by atoms with E-state index in [-0.39, 0.29) is 0 Å². The van der Waals surface area contributed by atoms with E-state index in [1.54, 1.807) is 0 Å². The number of hydrogen-bond acceptors (Lipinski definition) is 5. The minimum Gasteiger partial charge on any atom is -0.277 e. The first-order valence-corrected chi connectivity index (χ1v) is 16.5. The van der Waals surface area contributed by atoms with E-state index in [4.69, 9.17) is 15.0 Å². The molecule has 0 spiro atoms. The molecular formula is C39H22N4S2. The average molecular weight is 611 g/mol. The predicted octanol–water partition coefficient (Wildman–Crippen LogP) is 11.0. The Balaban J connectivity index is 1.45. The lowest BCUT2D eigenvalue weighted by Gasteiger charge is -2.11. The second-order valence-corrected chi connectivity index (χ2v) is 13.3. The number of aromatic nitrogens is 4. The molecule has 6 heteroatoms. The van der Waals surface area contributed by atoms with Crippen LogP contribution >= 0.6 is 22.7 Å². The molecule has 0 amide bonds. The molecule has 4 aromatic heterocycles. The Morgan fingerprint density at radius 2 is 0.889 bits per heavy atom. The van der Waals surface area contributed by atoms with Crippen LogP contribution in [0.25, 0.3) is 90.9 Å². The zero-order valence-corrected chi connectivity index (χ0v) is 25.4. The normalized spacial score (nSPS) is 12.0. The zero-order valence-electron chi connectivity index (χ0n) is 23.8. The van der Waals surface area contributed by atoms with Crippen LogP contribution in [0.4, 0.5) is 0 Å². The SMILES string of the molecule is c1ccc(-c2nc(-c3ccccc3)nc(-n3c4ccccc4c4c5sc6ccccc6c5c5sc6ccccc6c5c43)n2)cc1. The summed E-state index contributed by atoms with van der Waals surface area (Å²) in [5, 5.41) is 7.61. The van der Waals surface area contributed by atoms with Gasteiger partial charge >= 0.3 is 0 Å². The van der Waals surface area contributed by atoms with Crippen LogP contribution in [0, 0.1) is 0 Å². The van der Waals surface area contributed by atoms with E-state index in [0.717, 1.165) is 22.2 Å². The molecule has 0 fully saturated rings. The molecule has 0 saturated heterocycles. The summed E-state index contributed by atoms with van der Waals surface area (Å²) in [4.78, 5) is 15.4. The van der Waals surface area contributed by atoms with E-state index in [1.165, 1.54) is 51.1 Å². The van der Waals surface area contributed by atoms with Gasteiger partial charge in [-0.3, -0.25) is 4.57 Å². The minimum atomic E-state index is 0.617. The van der Waals surface area contributed by atoms with Crippen molar-refractivity contribution < 1.29 is 0 Å². The van der Waals surface area contributed by atoms with Crippen molar-refractivity contribution in [2.24, 2.45) is 0 Å². The highest BCUT2D eigenvalue weighted by atomic mass is 32.1. The van der Waals surface area contributed by atoms with E-state index in [2.05, 4.69) is 102 Å². The van der Waals surface area contributed by atoms with Gasteiger partial charge in [-0.25, -0.2) is 4.98 Å². The van der Waals surface area contributed by atoms with Crippen molar-refractivity contribution in [2.75, 3.05) is 0 Å². The van der Waals surface area contributed by atoms with Crippen molar-refractivity contribution in [2.45, 2.75) is 0 Å². The van der Waals surface area contributed by atoms with Gasteiger partial charge in [0.15, 0.2) is 11.6 Å². The molecule has 0 unspecified atom stereocenters. The second-order valence-electron chi connectivity index (χ2n) is 11.2. The van der Waals surface area contributed by atoms with Gasteiger partial charge in [-0.15, -0.1) is 22.7 Å². The van der Waals surface area contributed by atoms with Crippen LogP contribution in [0.5, 0.6) is 0 Å². The van der Waals surface area contributed by atoms with Crippen molar-refractivity contribution in [3.63, 3.8) is 0 Å². The first-order valence-electron chi connectivity index (χ1n) is 14.9. The number of fused-ring (bicyclic) bond motifs is 12. The molecule has 210 valence electrons. The molecule has 0 aliphatic rings. The molecule has 0 radical (unpaired) electrons. The van der Waals surface area contributed by atoms with E-state index in [1.807, 2.05) is 59.1 Å². The van der Waals surface area contributed by atoms with Gasteiger partial charge in [0.05, 0.1) is 11.0 Å². The fourth-order valence-electron chi connectivity index (χ4n) is 6.72. The number of rotatable bonds is 3. The Labute approximate surface area is 265 Å². The van der Waals surface area contributed by atoms with Gasteiger partial charge in [-0.1, -0.05) is 115 Å². The molecule has 45 heavy (non-hydrogen) atoms. The lowest BCUT2D eigenvalue weighted by molar-refractivity contribution is 0.955. The molecule has 10 rings (SSSR count). The van der Waals surface area contributed by atoms with E-state index in [0.29, 0.717) is 17.6 Å². The number of thiophene rings is 2. The summed E-state index contributed by atoms with van der Waals surface area (Å²) in [5.74, 6) is 1.92. The first kappa shape index (κ1) is 25.0. The molecule has 0 bridgehead atoms. The number of hydrogen-bond donors (Lipinski definition) is 0. The summed E-state index contributed by atoms with van der Waals surface area (Å²) in [6.45, 7) is 0. The van der Waals surface area contributed by atoms with Gasteiger partial charge in [0.25, 0.3) is 0 Å². The van der Waals surface area contributed by atoms with Gasteiger partial charge in [-0.05, 0) is 18.2 Å². The van der Waals surface area contributed by atoms with Gasteiger partial charge < -0.3 is 0 Å². The predicted molar refractivity (Wildman–Crippen MR) is 191 cm³/mol. The van der Waals surface area contributed by atoms with E-state index < -0.39 is 0 Å². The van der Waals surface area contributed by atoms with E-state index in [9.17, 15) is 0 Å². The highest BCUT2D eigenvalue weighted by Gasteiger charge is 2.25. The summed E-state index contributed by atoms with van der Waals surface area (Å²) >= 11 is 3.76. The summed E-state index contributed by atoms with van der Waals surface area (Å²) in [7, 11) is 0. The quantitative estimate of drug-likeness (QED) is 0.200. The van der Waals surface area contributed by atoms with Crippen molar-refractivity contribution >= 4 is 84.8 Å². The molecule has 0 aliphatic carbocycles. The van der Waals surface area contributed by atoms with Crippen molar-refractivity contribution in [3.8, 4) is 28.7 Å². The van der Waals surface area contributed by atoms with Crippen LogP contribution in [-0.2, 0) is 0 Å². The Morgan fingerprint density at radius 1 is 0.422 bits per heavy atom. The van der Waals surface area contributed by atoms with Gasteiger partial charge in [0.1, 0.15) is 0 Å². The van der Waals surface area contributed by atoms with Crippen LogP contribution in [0.3, 0.4) is 0 Å². The summed E-state index contributed by atoms with van der Waals surface area (Å²) in [6.07, 6.45) is 0. The first-order chi connectivity index (χ1) is 22.3. The Bertz CT molecular complexity index is 2670. The third-order valence-electron chi connectivity index (χ3n) is 8.64. The lowest BCUT2D eigenvalue weighted by atomic mass is 10.0. The largest absolute Gasteiger partial charge is 0.277 e. The molecular weight excluding hydrogens is 589 g/mol.